The maximum Gasteiger partial charge on any atom is 0.449 e. The molecule has 1 rings (SSSR count). The molecule has 0 bridgehead atoms. The molecule has 3 atom stereocenters. The van der Waals surface area contributed by atoms with Crippen molar-refractivity contribution in [3.63, 3.8) is 0 Å². The Morgan fingerprint density at radius 1 is 1.47 bits per heavy atom. The molecule has 1 fully saturated rings. The minimum Gasteiger partial charge on any atom is -0.366 e. The second kappa shape index (κ2) is 4.33. The van der Waals surface area contributed by atoms with Crippen LogP contribution in [0.2, 0.25) is 0 Å². The van der Waals surface area contributed by atoms with Crippen LogP contribution >= 0.6 is 0 Å². The molecule has 0 radical (unpaired) electrons. The van der Waals surface area contributed by atoms with Crippen LogP contribution in [0.15, 0.2) is 0 Å². The fourth-order valence-corrected chi connectivity index (χ4v) is 1.39. The van der Waals surface area contributed by atoms with Gasteiger partial charge in [0.2, 0.25) is 0 Å². The van der Waals surface area contributed by atoms with E-state index in [4.69, 9.17) is 9.84 Å². The average Bonchev–Trinajstić information content (AvgIpc) is 2.41. The highest BCUT2D eigenvalue weighted by Crippen LogP contribution is 2.49. The van der Waals surface area contributed by atoms with E-state index in [9.17, 15) is 22.0 Å². The van der Waals surface area contributed by atoms with Crippen molar-refractivity contribution in [3.05, 3.63) is 0 Å². The molecule has 0 saturated carbocycles. The van der Waals surface area contributed by atoms with Gasteiger partial charge in [0.25, 0.3) is 0 Å². The third-order valence-electron chi connectivity index (χ3n) is 2.66. The summed E-state index contributed by atoms with van der Waals surface area (Å²) in [6.45, 7) is 2.07. The van der Waals surface area contributed by atoms with E-state index in [-0.39, 0.29) is 0 Å². The molecule has 1 heterocycles. The van der Waals surface area contributed by atoms with Gasteiger partial charge in [-0.3, -0.25) is 0 Å². The van der Waals surface area contributed by atoms with E-state index in [0.717, 1.165) is 0 Å². The molecule has 0 aromatic heterocycles. The summed E-state index contributed by atoms with van der Waals surface area (Å²) >= 11 is 0. The lowest BCUT2D eigenvalue weighted by Gasteiger charge is -2.32. The van der Waals surface area contributed by atoms with Gasteiger partial charge in [0, 0.05) is 0 Å². The third-order valence-corrected chi connectivity index (χ3v) is 2.66. The van der Waals surface area contributed by atoms with Gasteiger partial charge in [-0.05, 0) is 13.3 Å². The fraction of sp³-hybridized carbons (Fsp3) is 1.00. The highest BCUT2D eigenvalue weighted by atomic mass is 19.4. The number of hydrogen-bond donors (Lipinski definition) is 1. The van der Waals surface area contributed by atoms with Crippen LogP contribution in [0, 0.1) is 0 Å². The molecule has 8 heteroatoms. The van der Waals surface area contributed by atoms with E-state index in [1.165, 1.54) is 6.92 Å². The van der Waals surface area contributed by atoms with Crippen molar-refractivity contribution in [2.24, 2.45) is 0 Å². The standard InChI is InChI=1S/C9H13F5O3/c1-3-5(2)17-6-4-16-8(15,7(6,10)11)9(12,13)14/h5-6,15H,3-4H2,1-2H3. The Bertz CT molecular complexity index is 280. The quantitative estimate of drug-likeness (QED) is 0.793. The molecular weight excluding hydrogens is 251 g/mol. The third kappa shape index (κ3) is 2.25. The SMILES string of the molecule is CCC(C)OC1COC(O)(C(F)(F)F)C1(F)F. The van der Waals surface area contributed by atoms with E-state index in [1.807, 2.05) is 0 Å². The number of rotatable bonds is 3. The minimum absolute atomic E-state index is 0.358. The van der Waals surface area contributed by atoms with E-state index >= 15 is 0 Å². The molecule has 17 heavy (non-hydrogen) atoms. The van der Waals surface area contributed by atoms with Crippen LogP contribution in [0.1, 0.15) is 20.3 Å². The van der Waals surface area contributed by atoms with Gasteiger partial charge in [-0.15, -0.1) is 0 Å². The number of hydrogen-bond acceptors (Lipinski definition) is 3. The lowest BCUT2D eigenvalue weighted by molar-refractivity contribution is -0.406. The zero-order valence-electron chi connectivity index (χ0n) is 9.22. The fourth-order valence-electron chi connectivity index (χ4n) is 1.39. The molecule has 0 aromatic carbocycles. The molecule has 1 aliphatic rings. The summed E-state index contributed by atoms with van der Waals surface area (Å²) in [5.74, 6) is -9.01. The molecular formula is C9H13F5O3. The van der Waals surface area contributed by atoms with Crippen LogP contribution in [0.25, 0.3) is 0 Å². The van der Waals surface area contributed by atoms with Crippen molar-refractivity contribution in [1.29, 1.82) is 0 Å². The van der Waals surface area contributed by atoms with E-state index in [2.05, 4.69) is 4.74 Å². The lowest BCUT2D eigenvalue weighted by atomic mass is 10.1. The van der Waals surface area contributed by atoms with Crippen LogP contribution in [0.4, 0.5) is 22.0 Å². The molecule has 0 aromatic rings. The summed E-state index contributed by atoms with van der Waals surface area (Å²) in [6, 6.07) is 0. The molecule has 0 aliphatic carbocycles. The number of aliphatic hydroxyl groups is 1. The molecule has 1 N–H and O–H groups in total. The average molecular weight is 264 g/mol. The minimum atomic E-state index is -5.58. The Morgan fingerprint density at radius 2 is 2.00 bits per heavy atom. The first kappa shape index (κ1) is 14.6. The number of ether oxygens (including phenoxy) is 2. The summed E-state index contributed by atoms with van der Waals surface area (Å²) in [5, 5.41) is 8.93. The summed E-state index contributed by atoms with van der Waals surface area (Å²) in [6.07, 6.45) is -7.98. The Labute approximate surface area is 94.5 Å². The zero-order chi connectivity index (χ0) is 13.5. The van der Waals surface area contributed by atoms with Crippen molar-refractivity contribution >= 4 is 0 Å². The molecule has 102 valence electrons. The highest BCUT2D eigenvalue weighted by Gasteiger charge is 2.77. The zero-order valence-corrected chi connectivity index (χ0v) is 9.22. The van der Waals surface area contributed by atoms with Crippen LogP contribution in [0.5, 0.6) is 0 Å². The maximum atomic E-state index is 13.4. The van der Waals surface area contributed by atoms with Crippen LogP contribution in [-0.4, -0.2) is 41.8 Å². The van der Waals surface area contributed by atoms with Crippen LogP contribution < -0.4 is 0 Å². The smallest absolute Gasteiger partial charge is 0.366 e. The Kier molecular flexibility index (Phi) is 3.71. The largest absolute Gasteiger partial charge is 0.449 e. The van der Waals surface area contributed by atoms with Gasteiger partial charge in [0.05, 0.1) is 12.7 Å². The summed E-state index contributed by atoms with van der Waals surface area (Å²) in [7, 11) is 0. The first-order valence-corrected chi connectivity index (χ1v) is 5.02. The van der Waals surface area contributed by atoms with Crippen LogP contribution in [-0.2, 0) is 9.47 Å². The maximum absolute atomic E-state index is 13.4. The van der Waals surface area contributed by atoms with Gasteiger partial charge in [0.1, 0.15) is 0 Å². The second-order valence-electron chi connectivity index (χ2n) is 3.92. The van der Waals surface area contributed by atoms with E-state index < -0.39 is 36.7 Å². The molecule has 0 spiro atoms. The lowest BCUT2D eigenvalue weighted by Crippen LogP contribution is -2.59. The molecule has 3 unspecified atom stereocenters. The Balaban J connectivity index is 2.90. The van der Waals surface area contributed by atoms with E-state index in [1.54, 1.807) is 6.92 Å². The number of alkyl halides is 5. The van der Waals surface area contributed by atoms with E-state index in [0.29, 0.717) is 6.42 Å². The predicted molar refractivity (Wildman–Crippen MR) is 46.5 cm³/mol. The molecule has 0 amide bonds. The molecule has 1 aliphatic heterocycles. The van der Waals surface area contributed by atoms with Gasteiger partial charge in [-0.25, -0.2) is 0 Å². The van der Waals surface area contributed by atoms with Gasteiger partial charge in [-0.1, -0.05) is 6.92 Å². The normalized spacial score (nSPS) is 34.9. The van der Waals surface area contributed by atoms with Crippen molar-refractivity contribution in [2.75, 3.05) is 6.61 Å². The number of halogens is 5. The van der Waals surface area contributed by atoms with Crippen molar-refractivity contribution in [2.45, 2.75) is 50.4 Å². The van der Waals surface area contributed by atoms with Crippen molar-refractivity contribution < 1.29 is 36.5 Å². The first-order valence-electron chi connectivity index (χ1n) is 5.02. The van der Waals surface area contributed by atoms with Gasteiger partial charge >= 0.3 is 17.9 Å². The monoisotopic (exact) mass is 264 g/mol. The molecule has 3 nitrogen and oxygen atoms in total. The van der Waals surface area contributed by atoms with Gasteiger partial charge in [0.15, 0.2) is 6.10 Å². The Morgan fingerprint density at radius 3 is 2.35 bits per heavy atom. The first-order chi connectivity index (χ1) is 7.56. The van der Waals surface area contributed by atoms with Gasteiger partial charge in [-0.2, -0.15) is 22.0 Å². The van der Waals surface area contributed by atoms with Gasteiger partial charge < -0.3 is 14.6 Å². The summed E-state index contributed by atoms with van der Waals surface area (Å²) in [5.41, 5.74) is 0. The van der Waals surface area contributed by atoms with Crippen LogP contribution in [0.3, 0.4) is 0 Å². The Hall–Kier alpha value is -0.470. The summed E-state index contributed by atoms with van der Waals surface area (Å²) in [4.78, 5) is 0. The van der Waals surface area contributed by atoms with Crippen molar-refractivity contribution in [3.8, 4) is 0 Å². The highest BCUT2D eigenvalue weighted by molar-refractivity contribution is 5.02. The topological polar surface area (TPSA) is 38.7 Å². The van der Waals surface area contributed by atoms with Crippen molar-refractivity contribution in [1.82, 2.24) is 0 Å². The second-order valence-corrected chi connectivity index (χ2v) is 3.92. The molecule has 1 saturated heterocycles. The predicted octanol–water partition coefficient (Wildman–Crippen LogP) is 2.09. The summed E-state index contributed by atoms with van der Waals surface area (Å²) < 4.78 is 72.4.